The Labute approximate surface area is 180 Å². The van der Waals surface area contributed by atoms with Crippen LogP contribution in [0, 0.1) is 0 Å². The van der Waals surface area contributed by atoms with Crippen LogP contribution in [0.4, 0.5) is 0 Å². The van der Waals surface area contributed by atoms with E-state index in [-0.39, 0.29) is 24.3 Å². The van der Waals surface area contributed by atoms with Gasteiger partial charge < -0.3 is 20.4 Å². The number of nitrogens with one attached hydrogen (secondary N) is 3. The van der Waals surface area contributed by atoms with Crippen LogP contribution in [0.1, 0.15) is 37.0 Å². The highest BCUT2D eigenvalue weighted by atomic mass is 16.5. The van der Waals surface area contributed by atoms with Gasteiger partial charge in [0.05, 0.1) is 0 Å². The summed E-state index contributed by atoms with van der Waals surface area (Å²) in [4.78, 5) is 40.8. The fourth-order valence-corrected chi connectivity index (χ4v) is 3.56. The first-order valence-corrected chi connectivity index (χ1v) is 10.4. The van der Waals surface area contributed by atoms with E-state index in [4.69, 9.17) is 4.74 Å². The maximum absolute atomic E-state index is 13.1. The minimum atomic E-state index is -1.08. The Morgan fingerprint density at radius 2 is 1.77 bits per heavy atom. The fourth-order valence-electron chi connectivity index (χ4n) is 3.56. The summed E-state index contributed by atoms with van der Waals surface area (Å²) in [6.45, 7) is 1.35. The Balaban J connectivity index is 1.55. The molecule has 0 spiro atoms. The number of hydrogen-bond acceptors (Lipinski definition) is 4. The number of benzene rings is 2. The molecule has 1 aliphatic carbocycles. The van der Waals surface area contributed by atoms with Gasteiger partial charge in [-0.05, 0) is 24.5 Å². The van der Waals surface area contributed by atoms with Crippen LogP contribution >= 0.6 is 0 Å². The fraction of sp³-hybridized carbons (Fsp3) is 0.292. The van der Waals surface area contributed by atoms with E-state index in [1.54, 1.807) is 24.3 Å². The zero-order chi connectivity index (χ0) is 21.8. The molecule has 0 bridgehead atoms. The van der Waals surface area contributed by atoms with Crippen LogP contribution in [-0.4, -0.2) is 34.9 Å². The van der Waals surface area contributed by atoms with Gasteiger partial charge in [0.2, 0.25) is 12.0 Å². The molecule has 0 unspecified atom stereocenters. The zero-order valence-corrected chi connectivity index (χ0v) is 17.3. The number of carbonyl (C=O) groups excluding carboxylic acids is 3. The molecule has 7 heteroatoms. The van der Waals surface area contributed by atoms with Crippen molar-refractivity contribution in [2.75, 3.05) is 0 Å². The van der Waals surface area contributed by atoms with E-state index >= 15 is 0 Å². The first-order chi connectivity index (χ1) is 15.0. The van der Waals surface area contributed by atoms with Crippen LogP contribution < -0.4 is 10.6 Å². The van der Waals surface area contributed by atoms with Crippen molar-refractivity contribution in [3.8, 4) is 0 Å². The number of carbonyl (C=O) groups is 3. The molecule has 160 valence electrons. The lowest BCUT2D eigenvalue weighted by Crippen LogP contribution is -2.44. The molecule has 7 nitrogen and oxygen atoms in total. The minimum Gasteiger partial charge on any atom is -0.446 e. The zero-order valence-electron chi connectivity index (χ0n) is 17.3. The summed E-state index contributed by atoms with van der Waals surface area (Å²) in [5.41, 5.74) is 2.41. The summed E-state index contributed by atoms with van der Waals surface area (Å²) in [7, 11) is 0. The molecule has 1 saturated carbocycles. The van der Waals surface area contributed by atoms with Crippen molar-refractivity contribution < 1.29 is 19.1 Å². The molecule has 0 saturated heterocycles. The van der Waals surface area contributed by atoms with E-state index in [0.717, 1.165) is 29.3 Å². The van der Waals surface area contributed by atoms with Gasteiger partial charge in [-0.1, -0.05) is 48.5 Å². The summed E-state index contributed by atoms with van der Waals surface area (Å²) in [6.07, 6.45) is 2.84. The van der Waals surface area contributed by atoms with Gasteiger partial charge in [0, 0.05) is 42.0 Å². The SMILES string of the molecule is CC(=O)N[C@@H](Cc1c[nH]c2ccccc12)C(=O)O[C@@H](C(=O)NC1CC1)c1ccccc1. The monoisotopic (exact) mass is 419 g/mol. The summed E-state index contributed by atoms with van der Waals surface area (Å²) >= 11 is 0. The van der Waals surface area contributed by atoms with Crippen LogP contribution in [0.25, 0.3) is 10.9 Å². The molecule has 2 amide bonds. The Morgan fingerprint density at radius 1 is 1.06 bits per heavy atom. The van der Waals surface area contributed by atoms with Crippen LogP contribution in [-0.2, 0) is 25.5 Å². The molecule has 3 N–H and O–H groups in total. The molecule has 31 heavy (non-hydrogen) atoms. The van der Waals surface area contributed by atoms with Crippen LogP contribution in [0.2, 0.25) is 0 Å². The lowest BCUT2D eigenvalue weighted by molar-refractivity contribution is -0.159. The largest absolute Gasteiger partial charge is 0.446 e. The van der Waals surface area contributed by atoms with Gasteiger partial charge in [-0.3, -0.25) is 9.59 Å². The highest BCUT2D eigenvalue weighted by molar-refractivity contribution is 5.89. The van der Waals surface area contributed by atoms with Gasteiger partial charge in [-0.25, -0.2) is 4.79 Å². The average Bonchev–Trinajstić information content (AvgIpc) is 3.49. The molecular formula is C24H25N3O4. The molecule has 1 aromatic heterocycles. The second-order valence-corrected chi connectivity index (χ2v) is 7.83. The van der Waals surface area contributed by atoms with Crippen molar-refractivity contribution in [3.05, 3.63) is 71.9 Å². The van der Waals surface area contributed by atoms with Crippen molar-refractivity contribution in [1.29, 1.82) is 0 Å². The van der Waals surface area contributed by atoms with Gasteiger partial charge in [0.25, 0.3) is 5.91 Å². The van der Waals surface area contributed by atoms with E-state index in [9.17, 15) is 14.4 Å². The Kier molecular flexibility index (Phi) is 6.02. The van der Waals surface area contributed by atoms with E-state index in [2.05, 4.69) is 15.6 Å². The second-order valence-electron chi connectivity index (χ2n) is 7.83. The second kappa shape index (κ2) is 9.04. The van der Waals surface area contributed by atoms with Crippen molar-refractivity contribution in [2.45, 2.75) is 44.4 Å². The van der Waals surface area contributed by atoms with Gasteiger partial charge in [-0.15, -0.1) is 0 Å². The molecule has 2 atom stereocenters. The third kappa shape index (κ3) is 5.12. The molecule has 3 aromatic rings. The average molecular weight is 419 g/mol. The number of hydrogen-bond donors (Lipinski definition) is 3. The topological polar surface area (TPSA) is 100 Å². The highest BCUT2D eigenvalue weighted by Gasteiger charge is 2.33. The summed E-state index contributed by atoms with van der Waals surface area (Å²) in [5, 5.41) is 6.54. The Bertz CT molecular complexity index is 1090. The molecule has 1 fully saturated rings. The number of esters is 1. The predicted octanol–water partition coefficient (Wildman–Crippen LogP) is 2.78. The quantitative estimate of drug-likeness (QED) is 0.489. The number of H-pyrrole nitrogens is 1. The highest BCUT2D eigenvalue weighted by Crippen LogP contribution is 2.24. The smallest absolute Gasteiger partial charge is 0.330 e. The summed E-state index contributed by atoms with van der Waals surface area (Å²) < 4.78 is 5.67. The number of fused-ring (bicyclic) bond motifs is 1. The normalized spacial score (nSPS) is 15.1. The third-order valence-corrected chi connectivity index (χ3v) is 5.26. The van der Waals surface area contributed by atoms with Gasteiger partial charge in [-0.2, -0.15) is 0 Å². The molecule has 0 radical (unpaired) electrons. The standard InChI is InChI=1S/C24H25N3O4/c1-15(28)26-21(13-17-14-25-20-10-6-5-9-19(17)20)24(30)31-22(16-7-3-2-4-8-16)23(29)27-18-11-12-18/h2-10,14,18,21-22,25H,11-13H2,1H3,(H,26,28)(H,27,29)/t21-,22+/m0/s1. The molecule has 0 aliphatic heterocycles. The van der Waals surface area contributed by atoms with Gasteiger partial charge >= 0.3 is 5.97 Å². The first-order valence-electron chi connectivity index (χ1n) is 10.4. The number of rotatable bonds is 8. The maximum atomic E-state index is 13.1. The predicted molar refractivity (Wildman–Crippen MR) is 116 cm³/mol. The van der Waals surface area contributed by atoms with Crippen molar-refractivity contribution in [3.63, 3.8) is 0 Å². The van der Waals surface area contributed by atoms with E-state index in [1.165, 1.54) is 6.92 Å². The Hall–Kier alpha value is -3.61. The Morgan fingerprint density at radius 3 is 2.48 bits per heavy atom. The van der Waals surface area contributed by atoms with Gasteiger partial charge in [0.1, 0.15) is 6.04 Å². The van der Waals surface area contributed by atoms with Crippen molar-refractivity contribution >= 4 is 28.7 Å². The molecular weight excluding hydrogens is 394 g/mol. The lowest BCUT2D eigenvalue weighted by Gasteiger charge is -2.22. The minimum absolute atomic E-state index is 0.134. The number of amides is 2. The maximum Gasteiger partial charge on any atom is 0.330 e. The number of aromatic amines is 1. The molecule has 1 heterocycles. The molecule has 4 rings (SSSR count). The summed E-state index contributed by atoms with van der Waals surface area (Å²) in [6, 6.07) is 15.9. The molecule has 1 aliphatic rings. The number of para-hydroxylation sites is 1. The van der Waals surface area contributed by atoms with E-state index in [1.807, 2.05) is 36.5 Å². The van der Waals surface area contributed by atoms with Crippen LogP contribution in [0.3, 0.4) is 0 Å². The third-order valence-electron chi connectivity index (χ3n) is 5.26. The van der Waals surface area contributed by atoms with Gasteiger partial charge in [0.15, 0.2) is 0 Å². The van der Waals surface area contributed by atoms with Crippen LogP contribution in [0.5, 0.6) is 0 Å². The van der Waals surface area contributed by atoms with E-state index in [0.29, 0.717) is 5.56 Å². The van der Waals surface area contributed by atoms with Crippen molar-refractivity contribution in [2.24, 2.45) is 0 Å². The number of aromatic nitrogens is 1. The summed E-state index contributed by atoms with van der Waals surface area (Å²) in [5.74, 6) is -1.35. The van der Waals surface area contributed by atoms with E-state index < -0.39 is 18.1 Å². The van der Waals surface area contributed by atoms with Crippen molar-refractivity contribution in [1.82, 2.24) is 15.6 Å². The van der Waals surface area contributed by atoms with Crippen LogP contribution in [0.15, 0.2) is 60.8 Å². The number of ether oxygens (including phenoxy) is 1. The molecule has 2 aromatic carbocycles. The lowest BCUT2D eigenvalue weighted by atomic mass is 10.0. The first kappa shape index (κ1) is 20.7.